The van der Waals surface area contributed by atoms with Gasteiger partial charge in [-0.1, -0.05) is 105 Å². The van der Waals surface area contributed by atoms with Gasteiger partial charge >= 0.3 is 0 Å². The van der Waals surface area contributed by atoms with E-state index in [1.807, 2.05) is 0 Å². The summed E-state index contributed by atoms with van der Waals surface area (Å²) in [5.74, 6) is 0. The van der Waals surface area contributed by atoms with Crippen molar-refractivity contribution in [1.29, 1.82) is 0 Å². The largest absolute Gasteiger partial charge is 0.0610 e. The summed E-state index contributed by atoms with van der Waals surface area (Å²) in [7, 11) is 0. The Labute approximate surface area is 249 Å². The number of hydrogen-bond acceptors (Lipinski definition) is 0. The maximum atomic E-state index is 2.52. The van der Waals surface area contributed by atoms with Gasteiger partial charge in [0.15, 0.2) is 0 Å². The minimum absolute atomic E-state index is 0.0498. The fourth-order valence-corrected chi connectivity index (χ4v) is 7.48. The van der Waals surface area contributed by atoms with Crippen LogP contribution in [0, 0.1) is 0 Å². The summed E-state index contributed by atoms with van der Waals surface area (Å²) < 4.78 is 0. The molecule has 0 spiro atoms. The molecule has 0 saturated carbocycles. The SMILES string of the molecule is CC(C)(C)c1ccc2c(c1)c1cccc3c4cc5c6ccc(C(C)(C)C)cc6c6cc(C(C)(C)C)cc(c4cc2c13)c65. The summed E-state index contributed by atoms with van der Waals surface area (Å²) in [5.41, 5.74) is 4.46. The van der Waals surface area contributed by atoms with E-state index in [2.05, 4.69) is 141 Å². The summed E-state index contributed by atoms with van der Waals surface area (Å²) in [6.45, 7) is 20.9. The molecule has 0 aliphatic heterocycles. The third kappa shape index (κ3) is 3.42. The van der Waals surface area contributed by atoms with E-state index in [1.165, 1.54) is 92.1 Å². The maximum Gasteiger partial charge on any atom is -0.00197 e. The lowest BCUT2D eigenvalue weighted by atomic mass is 9.83. The van der Waals surface area contributed by atoms with Gasteiger partial charge in [0.2, 0.25) is 0 Å². The molecule has 42 heavy (non-hydrogen) atoms. The van der Waals surface area contributed by atoms with Gasteiger partial charge in [-0.15, -0.1) is 0 Å². The molecular formula is C42H40. The van der Waals surface area contributed by atoms with Crippen LogP contribution < -0.4 is 0 Å². The molecule has 8 aromatic carbocycles. The number of rotatable bonds is 0. The summed E-state index contributed by atoms with van der Waals surface area (Å²) >= 11 is 0. The Morgan fingerprint density at radius 2 is 0.619 bits per heavy atom. The fourth-order valence-electron chi connectivity index (χ4n) is 7.48. The van der Waals surface area contributed by atoms with E-state index in [-0.39, 0.29) is 16.2 Å². The second-order valence-corrected chi connectivity index (χ2v) is 15.9. The van der Waals surface area contributed by atoms with Crippen molar-refractivity contribution in [2.75, 3.05) is 0 Å². The number of hydrogen-bond donors (Lipinski definition) is 0. The van der Waals surface area contributed by atoms with Crippen molar-refractivity contribution < 1.29 is 0 Å². The molecule has 208 valence electrons. The van der Waals surface area contributed by atoms with Gasteiger partial charge in [-0.05, 0) is 145 Å². The quantitative estimate of drug-likeness (QED) is 0.167. The van der Waals surface area contributed by atoms with Crippen molar-refractivity contribution >= 4 is 75.4 Å². The predicted molar refractivity (Wildman–Crippen MR) is 187 cm³/mol. The average molecular weight is 545 g/mol. The number of benzene rings is 6. The molecule has 0 aliphatic carbocycles. The van der Waals surface area contributed by atoms with Crippen molar-refractivity contribution in [3.63, 3.8) is 0 Å². The Hall–Kier alpha value is -3.90. The summed E-state index contributed by atoms with van der Waals surface area (Å²) in [4.78, 5) is 0. The Morgan fingerprint density at radius 1 is 0.286 bits per heavy atom. The fraction of sp³-hybridized carbons (Fsp3) is 0.286. The molecule has 0 atom stereocenters. The molecule has 8 aromatic rings. The minimum atomic E-state index is 0.0498. The van der Waals surface area contributed by atoms with Crippen molar-refractivity contribution in [2.24, 2.45) is 0 Å². The molecule has 0 aromatic heterocycles. The van der Waals surface area contributed by atoms with Crippen LogP contribution >= 0.6 is 0 Å². The molecule has 8 rings (SSSR count). The first-order valence-corrected chi connectivity index (χ1v) is 15.5. The predicted octanol–water partition coefficient (Wildman–Crippen LogP) is 12.5. The van der Waals surface area contributed by atoms with Gasteiger partial charge in [0, 0.05) is 0 Å². The van der Waals surface area contributed by atoms with E-state index in [9.17, 15) is 0 Å². The zero-order chi connectivity index (χ0) is 29.5. The van der Waals surface area contributed by atoms with Crippen LogP contribution in [0.4, 0.5) is 0 Å². The second-order valence-electron chi connectivity index (χ2n) is 15.9. The summed E-state index contributed by atoms with van der Waals surface area (Å²) in [6.07, 6.45) is 0. The van der Waals surface area contributed by atoms with Crippen LogP contribution in [-0.2, 0) is 16.2 Å². The van der Waals surface area contributed by atoms with Crippen molar-refractivity contribution in [3.8, 4) is 0 Å². The lowest BCUT2D eigenvalue weighted by Gasteiger charge is -2.21. The smallest absolute Gasteiger partial charge is 0.00197 e. The third-order valence-electron chi connectivity index (χ3n) is 9.99. The zero-order valence-electron chi connectivity index (χ0n) is 26.5. The van der Waals surface area contributed by atoms with Crippen LogP contribution in [0.2, 0.25) is 0 Å². The standard InChI is InChI=1S/C42H40/c1-40(2,3)23-13-15-26-30(17-23)28-11-10-12-29-32-21-37-27-16-14-24(41(4,5)6)18-31(27)34-19-25(42(7,8)9)20-35(39(34)37)33(32)22-36(26)38(28)29/h10-22H,1-9H3. The third-order valence-corrected chi connectivity index (χ3v) is 9.99. The van der Waals surface area contributed by atoms with Crippen LogP contribution in [-0.4, -0.2) is 0 Å². The average Bonchev–Trinajstić information content (AvgIpc) is 3.41. The monoisotopic (exact) mass is 544 g/mol. The van der Waals surface area contributed by atoms with E-state index in [0.29, 0.717) is 0 Å². The molecule has 0 bridgehead atoms. The van der Waals surface area contributed by atoms with Gasteiger partial charge in [-0.3, -0.25) is 0 Å². The molecule has 0 heteroatoms. The topological polar surface area (TPSA) is 0 Å². The number of fused-ring (bicyclic) bond motifs is 9. The van der Waals surface area contributed by atoms with E-state index < -0.39 is 0 Å². The lowest BCUT2D eigenvalue weighted by Crippen LogP contribution is -2.11. The normalized spacial score (nSPS) is 13.8. The zero-order valence-corrected chi connectivity index (χ0v) is 26.5. The minimum Gasteiger partial charge on any atom is -0.0610 e. The van der Waals surface area contributed by atoms with Gasteiger partial charge in [-0.25, -0.2) is 0 Å². The van der Waals surface area contributed by atoms with Gasteiger partial charge in [0.05, 0.1) is 0 Å². The van der Waals surface area contributed by atoms with Gasteiger partial charge in [0.1, 0.15) is 0 Å². The highest BCUT2D eigenvalue weighted by Crippen LogP contribution is 2.49. The molecule has 0 unspecified atom stereocenters. The van der Waals surface area contributed by atoms with Crippen molar-refractivity contribution in [2.45, 2.75) is 78.6 Å². The van der Waals surface area contributed by atoms with Gasteiger partial charge in [-0.2, -0.15) is 0 Å². The first-order chi connectivity index (χ1) is 19.7. The van der Waals surface area contributed by atoms with Crippen LogP contribution in [0.3, 0.4) is 0 Å². The van der Waals surface area contributed by atoms with E-state index in [0.717, 1.165) is 0 Å². The van der Waals surface area contributed by atoms with E-state index >= 15 is 0 Å². The molecule has 0 aliphatic rings. The van der Waals surface area contributed by atoms with Crippen molar-refractivity contribution in [1.82, 2.24) is 0 Å². The Balaban J connectivity index is 1.61. The summed E-state index contributed by atoms with van der Waals surface area (Å²) in [6, 6.07) is 31.3. The van der Waals surface area contributed by atoms with Crippen LogP contribution in [0.15, 0.2) is 78.9 Å². The van der Waals surface area contributed by atoms with E-state index in [4.69, 9.17) is 0 Å². The Morgan fingerprint density at radius 3 is 1.07 bits per heavy atom. The lowest BCUT2D eigenvalue weighted by molar-refractivity contribution is 0.590. The Kier molecular flexibility index (Phi) is 4.87. The van der Waals surface area contributed by atoms with Crippen LogP contribution in [0.5, 0.6) is 0 Å². The Bertz CT molecular complexity index is 2380. The van der Waals surface area contributed by atoms with Crippen molar-refractivity contribution in [3.05, 3.63) is 95.6 Å². The highest BCUT2D eigenvalue weighted by Gasteiger charge is 2.24. The second kappa shape index (κ2) is 7.93. The molecule has 0 heterocycles. The highest BCUT2D eigenvalue weighted by molar-refractivity contribution is 6.41. The van der Waals surface area contributed by atoms with Crippen LogP contribution in [0.1, 0.15) is 79.0 Å². The molecule has 0 nitrogen and oxygen atoms in total. The molecule has 0 fully saturated rings. The van der Waals surface area contributed by atoms with Gasteiger partial charge < -0.3 is 0 Å². The molecule has 0 amide bonds. The molecule has 0 saturated heterocycles. The summed E-state index contributed by atoms with van der Waals surface area (Å²) in [5, 5.41) is 19.4. The molecule has 0 radical (unpaired) electrons. The molecule has 0 N–H and O–H groups in total. The van der Waals surface area contributed by atoms with E-state index in [1.54, 1.807) is 0 Å². The van der Waals surface area contributed by atoms with Gasteiger partial charge in [0.25, 0.3) is 0 Å². The van der Waals surface area contributed by atoms with Crippen LogP contribution in [0.25, 0.3) is 75.4 Å². The first-order valence-electron chi connectivity index (χ1n) is 15.5. The molecular weight excluding hydrogens is 504 g/mol. The first kappa shape index (κ1) is 25.8. The highest BCUT2D eigenvalue weighted by atomic mass is 14.3. The maximum absolute atomic E-state index is 2.52.